The van der Waals surface area contributed by atoms with E-state index in [2.05, 4.69) is 29.4 Å². The van der Waals surface area contributed by atoms with Crippen LogP contribution in [0.4, 0.5) is 5.13 Å². The maximum Gasteiger partial charge on any atom is 0.229 e. The van der Waals surface area contributed by atoms with Crippen LogP contribution in [0.1, 0.15) is 38.1 Å². The minimum Gasteiger partial charge on any atom is -0.328 e. The lowest BCUT2D eigenvalue weighted by Gasteiger charge is -2.07. The van der Waals surface area contributed by atoms with Crippen molar-refractivity contribution in [3.63, 3.8) is 0 Å². The number of carbonyl (C=O) groups excluding carboxylic acids is 1. The van der Waals surface area contributed by atoms with E-state index < -0.39 is 0 Å². The van der Waals surface area contributed by atoms with Crippen LogP contribution >= 0.6 is 11.3 Å². The number of aromatic nitrogens is 2. The Bertz CT molecular complexity index is 418. The van der Waals surface area contributed by atoms with Crippen LogP contribution in [0.5, 0.6) is 0 Å². The van der Waals surface area contributed by atoms with Gasteiger partial charge in [-0.3, -0.25) is 4.79 Å². The molecule has 6 heteroatoms. The number of carbonyl (C=O) groups is 1. The Kier molecular flexibility index (Phi) is 4.29. The minimum atomic E-state index is 0.0372. The molecule has 100 valence electrons. The molecular formula is C12H20N4OS. The quantitative estimate of drug-likeness (QED) is 0.872. The zero-order valence-electron chi connectivity index (χ0n) is 10.8. The summed E-state index contributed by atoms with van der Waals surface area (Å²) in [6.07, 6.45) is 3.50. The molecule has 2 unspecified atom stereocenters. The number of nitrogens with two attached hydrogens (primary N) is 1. The van der Waals surface area contributed by atoms with Crippen LogP contribution in [0.15, 0.2) is 0 Å². The molecule has 1 saturated carbocycles. The number of nitrogens with zero attached hydrogens (tertiary/aromatic N) is 2. The molecule has 1 fully saturated rings. The summed E-state index contributed by atoms with van der Waals surface area (Å²) in [5, 5.41) is 12.5. The van der Waals surface area contributed by atoms with Gasteiger partial charge in [-0.1, -0.05) is 25.2 Å². The van der Waals surface area contributed by atoms with Gasteiger partial charge in [0.2, 0.25) is 11.0 Å². The summed E-state index contributed by atoms with van der Waals surface area (Å²) in [6, 6.07) is 0.173. The van der Waals surface area contributed by atoms with E-state index in [0.29, 0.717) is 11.0 Å². The Labute approximate surface area is 111 Å². The predicted octanol–water partition coefficient (Wildman–Crippen LogP) is 1.80. The molecule has 1 aliphatic rings. The van der Waals surface area contributed by atoms with E-state index >= 15 is 0 Å². The molecule has 0 saturated heterocycles. The molecule has 0 spiro atoms. The molecule has 2 atom stereocenters. The number of hydrogen-bond acceptors (Lipinski definition) is 5. The second kappa shape index (κ2) is 5.75. The highest BCUT2D eigenvalue weighted by atomic mass is 32.1. The van der Waals surface area contributed by atoms with Gasteiger partial charge in [0.25, 0.3) is 0 Å². The Balaban J connectivity index is 1.89. The van der Waals surface area contributed by atoms with Crippen molar-refractivity contribution in [2.45, 2.75) is 45.6 Å². The molecule has 0 radical (unpaired) electrons. The summed E-state index contributed by atoms with van der Waals surface area (Å²) < 4.78 is 0. The lowest BCUT2D eigenvalue weighted by molar-refractivity contribution is -0.119. The Morgan fingerprint density at radius 2 is 2.28 bits per heavy atom. The topological polar surface area (TPSA) is 80.9 Å². The first kappa shape index (κ1) is 13.4. The molecule has 0 aliphatic heterocycles. The standard InChI is InChI=1S/C12H20N4OS/c1-7(2)5-10-15-16-12(18-10)14-11(17)8-3-4-9(13)6-8/h7-9H,3-6,13H2,1-2H3,(H,14,16,17). The van der Waals surface area contributed by atoms with Gasteiger partial charge < -0.3 is 11.1 Å². The molecule has 5 nitrogen and oxygen atoms in total. The summed E-state index contributed by atoms with van der Waals surface area (Å²) in [4.78, 5) is 12.0. The molecular weight excluding hydrogens is 248 g/mol. The average Bonchev–Trinajstić information content (AvgIpc) is 2.87. The lowest BCUT2D eigenvalue weighted by atomic mass is 10.1. The lowest BCUT2D eigenvalue weighted by Crippen LogP contribution is -2.23. The van der Waals surface area contributed by atoms with Crippen molar-refractivity contribution >= 4 is 22.4 Å². The van der Waals surface area contributed by atoms with Gasteiger partial charge in [0.1, 0.15) is 5.01 Å². The molecule has 0 aromatic carbocycles. The van der Waals surface area contributed by atoms with Crippen LogP contribution < -0.4 is 11.1 Å². The van der Waals surface area contributed by atoms with Gasteiger partial charge in [-0.05, 0) is 25.2 Å². The molecule has 1 aromatic rings. The van der Waals surface area contributed by atoms with E-state index in [-0.39, 0.29) is 17.9 Å². The van der Waals surface area contributed by atoms with Crippen molar-refractivity contribution in [3.8, 4) is 0 Å². The van der Waals surface area contributed by atoms with Gasteiger partial charge >= 0.3 is 0 Å². The van der Waals surface area contributed by atoms with Crippen molar-refractivity contribution in [3.05, 3.63) is 5.01 Å². The average molecular weight is 268 g/mol. The summed E-state index contributed by atoms with van der Waals surface area (Å²) in [5.41, 5.74) is 5.81. The summed E-state index contributed by atoms with van der Waals surface area (Å²) in [6.45, 7) is 4.28. The van der Waals surface area contributed by atoms with Crippen LogP contribution in [-0.2, 0) is 11.2 Å². The first-order valence-corrected chi connectivity index (χ1v) is 7.25. The predicted molar refractivity (Wildman–Crippen MR) is 72.4 cm³/mol. The molecule has 18 heavy (non-hydrogen) atoms. The number of rotatable bonds is 4. The van der Waals surface area contributed by atoms with Crippen molar-refractivity contribution in [2.75, 3.05) is 5.32 Å². The van der Waals surface area contributed by atoms with E-state index in [0.717, 1.165) is 30.7 Å². The first-order valence-electron chi connectivity index (χ1n) is 6.43. The summed E-state index contributed by atoms with van der Waals surface area (Å²) >= 11 is 1.46. The normalized spacial score (nSPS) is 23.6. The maximum atomic E-state index is 12.0. The van der Waals surface area contributed by atoms with Crippen LogP contribution in [0, 0.1) is 11.8 Å². The fraction of sp³-hybridized carbons (Fsp3) is 0.750. The SMILES string of the molecule is CC(C)Cc1nnc(NC(=O)C2CCC(N)C2)s1. The third-order valence-corrected chi connectivity index (χ3v) is 3.98. The zero-order chi connectivity index (χ0) is 13.1. The second-order valence-electron chi connectivity index (χ2n) is 5.36. The van der Waals surface area contributed by atoms with E-state index in [1.165, 1.54) is 11.3 Å². The molecule has 3 N–H and O–H groups in total. The monoisotopic (exact) mass is 268 g/mol. The first-order chi connectivity index (χ1) is 8.54. The van der Waals surface area contributed by atoms with Crippen LogP contribution in [0.3, 0.4) is 0 Å². The van der Waals surface area contributed by atoms with Crippen molar-refractivity contribution < 1.29 is 4.79 Å². The van der Waals surface area contributed by atoms with Crippen molar-refractivity contribution in [2.24, 2.45) is 17.6 Å². The number of hydrogen-bond donors (Lipinski definition) is 2. The van der Waals surface area contributed by atoms with Gasteiger partial charge in [0, 0.05) is 18.4 Å². The maximum absolute atomic E-state index is 12.0. The Morgan fingerprint density at radius 1 is 1.50 bits per heavy atom. The highest BCUT2D eigenvalue weighted by Gasteiger charge is 2.28. The Hall–Kier alpha value is -1.01. The third-order valence-electron chi connectivity index (χ3n) is 3.12. The van der Waals surface area contributed by atoms with Gasteiger partial charge in [0.05, 0.1) is 0 Å². The smallest absolute Gasteiger partial charge is 0.229 e. The largest absolute Gasteiger partial charge is 0.328 e. The van der Waals surface area contributed by atoms with Crippen LogP contribution in [0.25, 0.3) is 0 Å². The zero-order valence-corrected chi connectivity index (χ0v) is 11.7. The molecule has 1 aliphatic carbocycles. The van der Waals surface area contributed by atoms with Crippen molar-refractivity contribution in [1.82, 2.24) is 10.2 Å². The van der Waals surface area contributed by atoms with Gasteiger partial charge in [-0.15, -0.1) is 10.2 Å². The van der Waals surface area contributed by atoms with E-state index in [9.17, 15) is 4.79 Å². The molecule has 0 bridgehead atoms. The minimum absolute atomic E-state index is 0.0372. The van der Waals surface area contributed by atoms with E-state index in [4.69, 9.17) is 5.73 Å². The number of nitrogens with one attached hydrogen (secondary N) is 1. The van der Waals surface area contributed by atoms with E-state index in [1.807, 2.05) is 0 Å². The molecule has 2 rings (SSSR count). The van der Waals surface area contributed by atoms with Crippen LogP contribution in [0.2, 0.25) is 0 Å². The number of amides is 1. The molecule has 1 amide bonds. The van der Waals surface area contributed by atoms with Crippen LogP contribution in [-0.4, -0.2) is 22.1 Å². The second-order valence-corrected chi connectivity index (χ2v) is 6.42. The summed E-state index contributed by atoms with van der Waals surface area (Å²) in [5.74, 6) is 0.627. The van der Waals surface area contributed by atoms with Gasteiger partial charge in [0.15, 0.2) is 0 Å². The molecule has 1 heterocycles. The van der Waals surface area contributed by atoms with Gasteiger partial charge in [-0.25, -0.2) is 0 Å². The Morgan fingerprint density at radius 3 is 2.89 bits per heavy atom. The summed E-state index contributed by atoms with van der Waals surface area (Å²) in [7, 11) is 0. The fourth-order valence-electron chi connectivity index (χ4n) is 2.20. The highest BCUT2D eigenvalue weighted by molar-refractivity contribution is 7.15. The number of anilines is 1. The highest BCUT2D eigenvalue weighted by Crippen LogP contribution is 2.26. The molecule has 1 aromatic heterocycles. The van der Waals surface area contributed by atoms with Gasteiger partial charge in [-0.2, -0.15) is 0 Å². The fourth-order valence-corrected chi connectivity index (χ4v) is 3.15. The van der Waals surface area contributed by atoms with Crippen molar-refractivity contribution in [1.29, 1.82) is 0 Å². The third kappa shape index (κ3) is 3.49. The van der Waals surface area contributed by atoms with E-state index in [1.54, 1.807) is 0 Å².